The van der Waals surface area contributed by atoms with Gasteiger partial charge < -0.3 is 5.32 Å². The topological polar surface area (TPSA) is 66.5 Å². The number of thioether (sulfide) groups is 2. The van der Waals surface area contributed by atoms with E-state index in [1.54, 1.807) is 11.8 Å². The number of carbonyl (C=O) groups excluding carboxylic acids is 3. The van der Waals surface area contributed by atoms with E-state index < -0.39 is 0 Å². The van der Waals surface area contributed by atoms with Crippen LogP contribution in [0.4, 0.5) is 4.79 Å². The van der Waals surface area contributed by atoms with Gasteiger partial charge >= 0.3 is 0 Å². The molecule has 1 aromatic rings. The fourth-order valence-corrected chi connectivity index (χ4v) is 3.52. The van der Waals surface area contributed by atoms with Gasteiger partial charge in [-0.05, 0) is 12.5 Å². The number of amides is 3. The average molecular weight is 338 g/mol. The molecule has 1 atom stereocenters. The lowest BCUT2D eigenvalue weighted by Crippen LogP contribution is -2.39. The molecule has 1 fully saturated rings. The molecule has 0 radical (unpaired) electrons. The summed E-state index contributed by atoms with van der Waals surface area (Å²) in [5.41, 5.74) is 1.18. The Kier molecular flexibility index (Phi) is 6.33. The number of nitrogens with one attached hydrogen (secondary N) is 1. The number of rotatable bonds is 7. The van der Waals surface area contributed by atoms with Gasteiger partial charge in [0.1, 0.15) is 0 Å². The van der Waals surface area contributed by atoms with Gasteiger partial charge in [-0.25, -0.2) is 0 Å². The van der Waals surface area contributed by atoms with Gasteiger partial charge in [0.15, 0.2) is 0 Å². The Morgan fingerprint density at radius 1 is 1.36 bits per heavy atom. The minimum absolute atomic E-state index is 0.0762. The summed E-state index contributed by atoms with van der Waals surface area (Å²) in [5, 5.41) is 2.36. The van der Waals surface area contributed by atoms with Crippen molar-refractivity contribution in [1.82, 2.24) is 10.2 Å². The minimum Gasteiger partial charge on any atom is -0.353 e. The van der Waals surface area contributed by atoms with E-state index in [0.717, 1.165) is 17.5 Å². The highest BCUT2D eigenvalue weighted by molar-refractivity contribution is 8.14. The molecule has 0 saturated carbocycles. The molecule has 0 bridgehead atoms. The summed E-state index contributed by atoms with van der Waals surface area (Å²) in [4.78, 5) is 36.0. The molecule has 118 valence electrons. The zero-order chi connectivity index (χ0) is 15.9. The van der Waals surface area contributed by atoms with Crippen LogP contribution >= 0.6 is 23.5 Å². The average Bonchev–Trinajstić information content (AvgIpc) is 2.85. The van der Waals surface area contributed by atoms with Gasteiger partial charge in [-0.3, -0.25) is 19.3 Å². The number of hydrogen-bond acceptors (Lipinski definition) is 5. The maximum absolute atomic E-state index is 12.0. The fourth-order valence-electron chi connectivity index (χ4n) is 1.90. The van der Waals surface area contributed by atoms with Crippen LogP contribution in [0, 0.1) is 0 Å². The second kappa shape index (κ2) is 8.24. The lowest BCUT2D eigenvalue weighted by molar-refractivity contribution is -0.125. The molecule has 1 saturated heterocycles. The second-order valence-corrected chi connectivity index (χ2v) is 7.09. The summed E-state index contributed by atoms with van der Waals surface area (Å²) < 4.78 is 0. The molecule has 0 aromatic heterocycles. The van der Waals surface area contributed by atoms with Gasteiger partial charge in [-0.15, -0.1) is 11.8 Å². The van der Waals surface area contributed by atoms with Crippen LogP contribution in [0.5, 0.6) is 0 Å². The van der Waals surface area contributed by atoms with Crippen molar-refractivity contribution >= 4 is 40.6 Å². The highest BCUT2D eigenvalue weighted by Crippen LogP contribution is 2.19. The number of nitrogens with zero attached hydrogens (tertiary/aromatic N) is 1. The summed E-state index contributed by atoms with van der Waals surface area (Å²) in [6.07, 6.45) is 0. The zero-order valence-corrected chi connectivity index (χ0v) is 13.9. The molecule has 1 aromatic carbocycles. The first kappa shape index (κ1) is 16.9. The molecule has 1 aliphatic heterocycles. The van der Waals surface area contributed by atoms with Crippen molar-refractivity contribution in [2.24, 2.45) is 0 Å². The molecule has 22 heavy (non-hydrogen) atoms. The van der Waals surface area contributed by atoms with E-state index >= 15 is 0 Å². The minimum atomic E-state index is -0.231. The molecule has 2 rings (SSSR count). The van der Waals surface area contributed by atoms with Crippen LogP contribution in [0.25, 0.3) is 0 Å². The van der Waals surface area contributed by atoms with E-state index in [4.69, 9.17) is 0 Å². The summed E-state index contributed by atoms with van der Waals surface area (Å²) in [6, 6.07) is 9.97. The molecule has 0 unspecified atom stereocenters. The molecular formula is C15H18N2O3S2. The monoisotopic (exact) mass is 338 g/mol. The number of benzene rings is 1. The van der Waals surface area contributed by atoms with E-state index in [1.807, 2.05) is 37.3 Å². The standard InChI is InChI=1S/C15H18N2O3S2/c1-11(21-9-12-5-3-2-4-6-12)14(19)16-7-8-17-13(18)10-22-15(17)20/h2-6,11H,7-10H2,1H3,(H,16,19)/t11-/m1/s1. The van der Waals surface area contributed by atoms with Crippen LogP contribution in [0.3, 0.4) is 0 Å². The van der Waals surface area contributed by atoms with Crippen molar-refractivity contribution < 1.29 is 14.4 Å². The normalized spacial score (nSPS) is 16.0. The molecule has 1 N–H and O–H groups in total. The van der Waals surface area contributed by atoms with Crippen LogP contribution < -0.4 is 5.32 Å². The van der Waals surface area contributed by atoms with Gasteiger partial charge in [0.05, 0.1) is 11.0 Å². The van der Waals surface area contributed by atoms with Gasteiger partial charge in [-0.2, -0.15) is 0 Å². The SMILES string of the molecule is C[C@@H](SCc1ccccc1)C(=O)NCCN1C(=O)CSC1=O. The largest absolute Gasteiger partial charge is 0.353 e. The third-order valence-corrected chi connectivity index (χ3v) is 5.26. The van der Waals surface area contributed by atoms with Crippen LogP contribution in [-0.4, -0.2) is 46.0 Å². The predicted molar refractivity (Wildman–Crippen MR) is 89.8 cm³/mol. The molecular weight excluding hydrogens is 320 g/mol. The zero-order valence-electron chi connectivity index (χ0n) is 12.3. The molecule has 7 heteroatoms. The molecule has 1 aliphatic rings. The van der Waals surface area contributed by atoms with Crippen molar-refractivity contribution in [2.75, 3.05) is 18.8 Å². The third-order valence-electron chi connectivity index (χ3n) is 3.19. The first-order valence-electron chi connectivity index (χ1n) is 6.98. The van der Waals surface area contributed by atoms with E-state index in [-0.39, 0.29) is 34.6 Å². The van der Waals surface area contributed by atoms with Crippen molar-refractivity contribution in [1.29, 1.82) is 0 Å². The lowest BCUT2D eigenvalue weighted by Gasteiger charge is -2.15. The molecule has 5 nitrogen and oxygen atoms in total. The number of hydrogen-bond donors (Lipinski definition) is 1. The number of carbonyl (C=O) groups is 3. The van der Waals surface area contributed by atoms with Crippen molar-refractivity contribution in [3.63, 3.8) is 0 Å². The van der Waals surface area contributed by atoms with Crippen molar-refractivity contribution in [2.45, 2.75) is 17.9 Å². The Morgan fingerprint density at radius 2 is 2.09 bits per heavy atom. The van der Waals surface area contributed by atoms with Crippen LogP contribution in [-0.2, 0) is 15.3 Å². The quantitative estimate of drug-likeness (QED) is 0.825. The smallest absolute Gasteiger partial charge is 0.288 e. The lowest BCUT2D eigenvalue weighted by atomic mass is 10.2. The maximum atomic E-state index is 12.0. The Morgan fingerprint density at radius 3 is 2.73 bits per heavy atom. The van der Waals surface area contributed by atoms with Crippen LogP contribution in [0.2, 0.25) is 0 Å². The summed E-state index contributed by atoms with van der Waals surface area (Å²) in [5.74, 6) is 0.717. The van der Waals surface area contributed by atoms with Gasteiger partial charge in [0.25, 0.3) is 5.24 Å². The van der Waals surface area contributed by atoms with Crippen LogP contribution in [0.15, 0.2) is 30.3 Å². The first-order chi connectivity index (χ1) is 10.6. The molecule has 1 heterocycles. The van der Waals surface area contributed by atoms with Gasteiger partial charge in [-0.1, -0.05) is 42.1 Å². The Bertz CT molecular complexity index is 535. The van der Waals surface area contributed by atoms with E-state index in [9.17, 15) is 14.4 Å². The second-order valence-electron chi connectivity index (χ2n) is 4.83. The number of imide groups is 1. The molecule has 0 aliphatic carbocycles. The van der Waals surface area contributed by atoms with E-state index in [2.05, 4.69) is 5.32 Å². The maximum Gasteiger partial charge on any atom is 0.288 e. The van der Waals surface area contributed by atoms with Crippen molar-refractivity contribution in [3.8, 4) is 0 Å². The van der Waals surface area contributed by atoms with E-state index in [1.165, 1.54) is 10.5 Å². The van der Waals surface area contributed by atoms with Gasteiger partial charge in [0.2, 0.25) is 11.8 Å². The van der Waals surface area contributed by atoms with Crippen molar-refractivity contribution in [3.05, 3.63) is 35.9 Å². The first-order valence-corrected chi connectivity index (χ1v) is 9.01. The van der Waals surface area contributed by atoms with Crippen LogP contribution in [0.1, 0.15) is 12.5 Å². The van der Waals surface area contributed by atoms with Gasteiger partial charge in [0, 0.05) is 18.8 Å². The predicted octanol–water partition coefficient (Wildman–Crippen LogP) is 2.12. The Hall–Kier alpha value is -1.47. The fraction of sp³-hybridized carbons (Fsp3) is 0.400. The third kappa shape index (κ3) is 4.78. The molecule has 0 spiro atoms. The van der Waals surface area contributed by atoms with E-state index in [0.29, 0.717) is 6.54 Å². The molecule has 3 amide bonds. The Balaban J connectivity index is 1.68. The summed E-state index contributed by atoms with van der Waals surface area (Å²) in [7, 11) is 0. The highest BCUT2D eigenvalue weighted by atomic mass is 32.2. The highest BCUT2D eigenvalue weighted by Gasteiger charge is 2.29. The summed E-state index contributed by atoms with van der Waals surface area (Å²) in [6.45, 7) is 2.39. The Labute approximate surface area is 138 Å². The summed E-state index contributed by atoms with van der Waals surface area (Å²) >= 11 is 2.56.